The number of rotatable bonds is 4. The van der Waals surface area contributed by atoms with E-state index in [1.165, 1.54) is 0 Å². The quantitative estimate of drug-likeness (QED) is 0.713. The van der Waals surface area contributed by atoms with Crippen LogP contribution in [0.1, 0.15) is 16.7 Å². The zero-order valence-corrected chi connectivity index (χ0v) is 15.4. The molecule has 1 amide bonds. The number of carbonyl (C=O) groups excluding carboxylic acids is 1. The van der Waals surface area contributed by atoms with Gasteiger partial charge in [0.05, 0.1) is 12.0 Å². The van der Waals surface area contributed by atoms with Crippen molar-refractivity contribution in [2.75, 3.05) is 13.2 Å². The molecule has 27 heavy (non-hydrogen) atoms. The Labute approximate surface area is 160 Å². The molecule has 2 aromatic rings. The number of nitrogens with one attached hydrogen (secondary N) is 1. The number of hydrogen-bond acceptors (Lipinski definition) is 3. The molecule has 0 aliphatic carbocycles. The van der Waals surface area contributed by atoms with Gasteiger partial charge in [-0.1, -0.05) is 22.0 Å². The molecule has 4 nitrogen and oxygen atoms in total. The number of alkyl halides is 3. The Morgan fingerprint density at radius 3 is 2.41 bits per heavy atom. The van der Waals surface area contributed by atoms with E-state index < -0.39 is 23.5 Å². The number of fused-ring (bicyclic) bond motifs is 1. The third-order valence-electron chi connectivity index (χ3n) is 3.92. The van der Waals surface area contributed by atoms with Gasteiger partial charge in [-0.05, 0) is 35.4 Å². The second kappa shape index (κ2) is 7.75. The summed E-state index contributed by atoms with van der Waals surface area (Å²) in [5, 5.41) is 2.43. The van der Waals surface area contributed by atoms with Crippen molar-refractivity contribution in [3.63, 3.8) is 0 Å². The summed E-state index contributed by atoms with van der Waals surface area (Å²) in [6, 6.07) is 5.68. The summed E-state index contributed by atoms with van der Waals surface area (Å²) in [5.74, 6) is -0.411. The van der Waals surface area contributed by atoms with Gasteiger partial charge in [0.25, 0.3) is 0 Å². The van der Waals surface area contributed by atoms with Gasteiger partial charge < -0.3 is 14.8 Å². The lowest BCUT2D eigenvalue weighted by Crippen LogP contribution is -2.26. The fourth-order valence-electron chi connectivity index (χ4n) is 2.64. The van der Waals surface area contributed by atoms with E-state index in [1.807, 2.05) is 0 Å². The number of benzene rings is 2. The highest BCUT2D eigenvalue weighted by Crippen LogP contribution is 2.36. The maximum absolute atomic E-state index is 13.1. The second-order valence-corrected chi connectivity index (χ2v) is 6.69. The lowest BCUT2D eigenvalue weighted by atomic mass is 10.1. The van der Waals surface area contributed by atoms with Gasteiger partial charge in [0, 0.05) is 11.0 Å². The summed E-state index contributed by atoms with van der Waals surface area (Å²) in [7, 11) is 0. The van der Waals surface area contributed by atoms with Gasteiger partial charge in [-0.3, -0.25) is 4.79 Å². The van der Waals surface area contributed by atoms with Crippen molar-refractivity contribution in [2.24, 2.45) is 0 Å². The van der Waals surface area contributed by atoms with Gasteiger partial charge in [-0.25, -0.2) is 4.39 Å². The van der Waals surface area contributed by atoms with E-state index in [2.05, 4.69) is 21.2 Å². The summed E-state index contributed by atoms with van der Waals surface area (Å²) in [6.45, 7) is 0.458. The molecule has 0 aromatic heterocycles. The minimum atomic E-state index is -4.71. The van der Waals surface area contributed by atoms with Crippen LogP contribution in [0, 0.1) is 5.82 Å². The highest BCUT2D eigenvalue weighted by Gasteiger charge is 2.33. The summed E-state index contributed by atoms with van der Waals surface area (Å²) in [5.41, 5.74) is -0.714. The second-order valence-electron chi connectivity index (χ2n) is 5.84. The Morgan fingerprint density at radius 1 is 1.07 bits per heavy atom. The molecule has 1 aliphatic rings. The molecule has 2 aromatic carbocycles. The largest absolute Gasteiger partial charge is 0.486 e. The predicted molar refractivity (Wildman–Crippen MR) is 92.1 cm³/mol. The van der Waals surface area contributed by atoms with E-state index in [-0.39, 0.29) is 18.5 Å². The molecule has 0 spiro atoms. The lowest BCUT2D eigenvalue weighted by molar-refractivity contribution is -0.138. The minimum absolute atomic E-state index is 0.0697. The Bertz CT molecular complexity index is 870. The molecule has 1 aliphatic heterocycles. The lowest BCUT2D eigenvalue weighted by Gasteiger charge is -2.20. The molecule has 1 heterocycles. The van der Waals surface area contributed by atoms with Crippen LogP contribution in [0.2, 0.25) is 0 Å². The van der Waals surface area contributed by atoms with E-state index in [4.69, 9.17) is 9.47 Å². The Balaban J connectivity index is 1.69. The normalized spacial score (nSPS) is 13.4. The van der Waals surface area contributed by atoms with Gasteiger partial charge in [0.2, 0.25) is 5.91 Å². The zero-order valence-electron chi connectivity index (χ0n) is 13.8. The zero-order chi connectivity index (χ0) is 19.6. The van der Waals surface area contributed by atoms with Crippen molar-refractivity contribution in [1.29, 1.82) is 0 Å². The number of ether oxygens (including phenoxy) is 2. The first-order valence-corrected chi connectivity index (χ1v) is 8.73. The summed E-state index contributed by atoms with van der Waals surface area (Å²) >= 11 is 3.34. The average molecular weight is 448 g/mol. The third-order valence-corrected chi connectivity index (χ3v) is 4.65. The summed E-state index contributed by atoms with van der Waals surface area (Å²) in [4.78, 5) is 12.2. The van der Waals surface area contributed by atoms with Gasteiger partial charge >= 0.3 is 6.18 Å². The van der Waals surface area contributed by atoms with Gasteiger partial charge in [-0.2, -0.15) is 13.2 Å². The Morgan fingerprint density at radius 2 is 1.74 bits per heavy atom. The minimum Gasteiger partial charge on any atom is -0.486 e. The van der Waals surface area contributed by atoms with Gasteiger partial charge in [0.1, 0.15) is 19.0 Å². The van der Waals surface area contributed by atoms with E-state index >= 15 is 0 Å². The topological polar surface area (TPSA) is 47.6 Å². The van der Waals surface area contributed by atoms with Crippen molar-refractivity contribution < 1.29 is 31.8 Å². The van der Waals surface area contributed by atoms with E-state index in [9.17, 15) is 22.4 Å². The molecule has 0 bridgehead atoms. The summed E-state index contributed by atoms with van der Waals surface area (Å²) < 4.78 is 63.6. The highest BCUT2D eigenvalue weighted by atomic mass is 79.9. The first-order valence-electron chi connectivity index (χ1n) is 7.94. The maximum atomic E-state index is 13.1. The molecule has 9 heteroatoms. The van der Waals surface area contributed by atoms with Crippen LogP contribution in [0.5, 0.6) is 11.5 Å². The maximum Gasteiger partial charge on any atom is 0.416 e. The van der Waals surface area contributed by atoms with Crippen molar-refractivity contribution in [3.8, 4) is 11.5 Å². The fraction of sp³-hybridized carbons (Fsp3) is 0.278. The van der Waals surface area contributed by atoms with E-state index in [0.717, 1.165) is 12.1 Å². The Kier molecular flexibility index (Phi) is 5.59. The molecule has 3 rings (SSSR count). The highest BCUT2D eigenvalue weighted by molar-refractivity contribution is 9.10. The van der Waals surface area contributed by atoms with E-state index in [1.54, 1.807) is 12.1 Å². The molecular formula is C18H14BrF4NO3. The molecule has 0 radical (unpaired) electrons. The fourth-order valence-corrected chi connectivity index (χ4v) is 3.10. The third kappa shape index (κ3) is 4.71. The smallest absolute Gasteiger partial charge is 0.416 e. The molecular weight excluding hydrogens is 434 g/mol. The van der Waals surface area contributed by atoms with Crippen LogP contribution in [-0.4, -0.2) is 19.1 Å². The first kappa shape index (κ1) is 19.5. The number of hydrogen-bond donors (Lipinski definition) is 1. The number of carbonyl (C=O) groups is 1. The van der Waals surface area contributed by atoms with Gasteiger partial charge in [0.15, 0.2) is 11.5 Å². The van der Waals surface area contributed by atoms with Crippen LogP contribution in [-0.2, 0) is 23.9 Å². The Hall–Kier alpha value is -2.29. The van der Waals surface area contributed by atoms with Crippen molar-refractivity contribution in [3.05, 3.63) is 57.3 Å². The molecule has 0 saturated carbocycles. The van der Waals surface area contributed by atoms with Crippen LogP contribution >= 0.6 is 15.9 Å². The number of amides is 1. The molecule has 0 atom stereocenters. The monoisotopic (exact) mass is 447 g/mol. The van der Waals surface area contributed by atoms with Crippen LogP contribution in [0.3, 0.4) is 0 Å². The molecule has 0 saturated heterocycles. The standard InChI is InChI=1S/C18H14BrF4NO3/c19-14-8-16-15(26-3-4-27-16)5-11(14)6-17(25)24-9-10-1-2-12(20)7-13(10)18(21,22)23/h1-2,5,7-8H,3-4,6,9H2,(H,24,25). The van der Waals surface area contributed by atoms with Crippen LogP contribution in [0.25, 0.3) is 0 Å². The average Bonchev–Trinajstić information content (AvgIpc) is 2.60. The SMILES string of the molecule is O=C(Cc1cc2c(cc1Br)OCCO2)NCc1ccc(F)cc1C(F)(F)F. The molecule has 144 valence electrons. The number of halogens is 5. The van der Waals surface area contributed by atoms with E-state index in [0.29, 0.717) is 40.8 Å². The van der Waals surface area contributed by atoms with Crippen molar-refractivity contribution in [2.45, 2.75) is 19.1 Å². The van der Waals surface area contributed by atoms with Gasteiger partial charge in [-0.15, -0.1) is 0 Å². The predicted octanol–water partition coefficient (Wildman–Crippen LogP) is 4.24. The van der Waals surface area contributed by atoms with Crippen LogP contribution < -0.4 is 14.8 Å². The van der Waals surface area contributed by atoms with Crippen LogP contribution in [0.4, 0.5) is 17.6 Å². The van der Waals surface area contributed by atoms with Crippen molar-refractivity contribution in [1.82, 2.24) is 5.32 Å². The first-order chi connectivity index (χ1) is 12.7. The molecule has 0 unspecified atom stereocenters. The molecule has 1 N–H and O–H groups in total. The van der Waals surface area contributed by atoms with Crippen molar-refractivity contribution >= 4 is 21.8 Å². The van der Waals surface area contributed by atoms with Crippen LogP contribution in [0.15, 0.2) is 34.8 Å². The molecule has 0 fully saturated rings. The summed E-state index contributed by atoms with van der Waals surface area (Å²) in [6.07, 6.45) is -4.78.